The number of benzene rings is 2. The van der Waals surface area contributed by atoms with Gasteiger partial charge in [0.1, 0.15) is 0 Å². The fourth-order valence-corrected chi connectivity index (χ4v) is 2.89. The van der Waals surface area contributed by atoms with Gasteiger partial charge >= 0.3 is 0 Å². The Hall–Kier alpha value is -0.860. The van der Waals surface area contributed by atoms with Crippen LogP contribution in [0.25, 0.3) is 10.8 Å². The topological polar surface area (TPSA) is 26.0 Å². The van der Waals surface area contributed by atoms with Crippen molar-refractivity contribution in [3.05, 3.63) is 46.4 Å². The molecule has 0 saturated carbocycles. The third kappa shape index (κ3) is 2.76. The summed E-state index contributed by atoms with van der Waals surface area (Å²) < 4.78 is 1.12. The first-order valence-electron chi connectivity index (χ1n) is 6.60. The summed E-state index contributed by atoms with van der Waals surface area (Å²) in [6, 6.07) is 13.1. The van der Waals surface area contributed by atoms with Crippen molar-refractivity contribution in [2.24, 2.45) is 11.7 Å². The Morgan fingerprint density at radius 1 is 1.00 bits per heavy atom. The molecule has 2 aromatic rings. The second kappa shape index (κ2) is 5.85. The molecule has 0 saturated heterocycles. The van der Waals surface area contributed by atoms with E-state index in [2.05, 4.69) is 66.2 Å². The highest BCUT2D eigenvalue weighted by atomic mass is 79.9. The first kappa shape index (κ1) is 13.6. The van der Waals surface area contributed by atoms with E-state index in [0.29, 0.717) is 5.92 Å². The van der Waals surface area contributed by atoms with Crippen LogP contribution in [0, 0.1) is 5.92 Å². The second-order valence-electron chi connectivity index (χ2n) is 4.85. The zero-order chi connectivity index (χ0) is 13.1. The predicted octanol–water partition coefficient (Wildman–Crippen LogP) is 5.04. The lowest BCUT2D eigenvalue weighted by molar-refractivity contribution is 0.405. The molecule has 0 bridgehead atoms. The number of hydrogen-bond acceptors (Lipinski definition) is 1. The molecular weight excluding hydrogens is 286 g/mol. The van der Waals surface area contributed by atoms with E-state index in [1.807, 2.05) is 0 Å². The number of rotatable bonds is 4. The van der Waals surface area contributed by atoms with Gasteiger partial charge in [-0.3, -0.25) is 0 Å². The summed E-state index contributed by atoms with van der Waals surface area (Å²) in [7, 11) is 0. The molecule has 0 aliphatic carbocycles. The van der Waals surface area contributed by atoms with Gasteiger partial charge in [-0.25, -0.2) is 0 Å². The van der Waals surface area contributed by atoms with Crippen LogP contribution >= 0.6 is 15.9 Å². The van der Waals surface area contributed by atoms with E-state index in [9.17, 15) is 0 Å². The third-order valence-corrected chi connectivity index (χ3v) is 4.26. The zero-order valence-electron chi connectivity index (χ0n) is 11.0. The predicted molar refractivity (Wildman–Crippen MR) is 82.6 cm³/mol. The number of hydrogen-bond donors (Lipinski definition) is 1. The molecule has 0 aliphatic heterocycles. The summed E-state index contributed by atoms with van der Waals surface area (Å²) in [5.74, 6) is 0.567. The summed E-state index contributed by atoms with van der Waals surface area (Å²) in [6.07, 6.45) is 2.27. The fraction of sp³-hybridized carbons (Fsp3) is 0.375. The number of nitrogens with two attached hydrogens (primary N) is 1. The van der Waals surface area contributed by atoms with Crippen LogP contribution < -0.4 is 5.73 Å². The van der Waals surface area contributed by atoms with Gasteiger partial charge in [-0.15, -0.1) is 0 Å². The second-order valence-corrected chi connectivity index (χ2v) is 5.77. The lowest BCUT2D eigenvalue weighted by Gasteiger charge is -2.22. The molecule has 0 heterocycles. The monoisotopic (exact) mass is 305 g/mol. The summed E-state index contributed by atoms with van der Waals surface area (Å²) in [5, 5.41) is 2.52. The average molecular weight is 306 g/mol. The maximum atomic E-state index is 6.37. The van der Waals surface area contributed by atoms with Gasteiger partial charge in [-0.1, -0.05) is 60.8 Å². The molecule has 1 unspecified atom stereocenters. The molecule has 0 spiro atoms. The van der Waals surface area contributed by atoms with Crippen LogP contribution in [0.2, 0.25) is 0 Å². The number of fused-ring (bicyclic) bond motifs is 1. The van der Waals surface area contributed by atoms with Crippen LogP contribution in [0.1, 0.15) is 38.3 Å². The maximum absolute atomic E-state index is 6.37. The van der Waals surface area contributed by atoms with Crippen LogP contribution in [-0.4, -0.2) is 0 Å². The summed E-state index contributed by atoms with van der Waals surface area (Å²) in [6.45, 7) is 4.43. The lowest BCUT2D eigenvalue weighted by Crippen LogP contribution is -2.20. The molecule has 0 fully saturated rings. The van der Waals surface area contributed by atoms with Crippen LogP contribution in [-0.2, 0) is 0 Å². The van der Waals surface area contributed by atoms with Crippen LogP contribution in [0.4, 0.5) is 0 Å². The first-order chi connectivity index (χ1) is 8.65. The molecule has 18 heavy (non-hydrogen) atoms. The molecule has 2 heteroatoms. The molecular formula is C16H20BrN. The molecule has 2 aromatic carbocycles. The van der Waals surface area contributed by atoms with Crippen molar-refractivity contribution in [1.82, 2.24) is 0 Å². The largest absolute Gasteiger partial charge is 0.324 e. The van der Waals surface area contributed by atoms with Gasteiger partial charge in [0.2, 0.25) is 0 Å². The Morgan fingerprint density at radius 3 is 2.28 bits per heavy atom. The summed E-state index contributed by atoms with van der Waals surface area (Å²) in [5.41, 5.74) is 7.62. The molecule has 2 rings (SSSR count). The molecule has 0 amide bonds. The highest BCUT2D eigenvalue weighted by molar-refractivity contribution is 9.10. The SMILES string of the molecule is CCC(CC)C(N)c1ccc2cc(Br)ccc2c1. The molecule has 0 aromatic heterocycles. The summed E-state index contributed by atoms with van der Waals surface area (Å²) in [4.78, 5) is 0. The van der Waals surface area contributed by atoms with E-state index in [-0.39, 0.29) is 6.04 Å². The van der Waals surface area contributed by atoms with Crippen molar-refractivity contribution in [2.75, 3.05) is 0 Å². The van der Waals surface area contributed by atoms with Crippen LogP contribution in [0.3, 0.4) is 0 Å². The third-order valence-electron chi connectivity index (χ3n) is 3.77. The Balaban J connectivity index is 2.37. The Kier molecular flexibility index (Phi) is 4.41. The Bertz CT molecular complexity index is 532. The van der Waals surface area contributed by atoms with E-state index < -0.39 is 0 Å². The minimum Gasteiger partial charge on any atom is -0.324 e. The smallest absolute Gasteiger partial charge is 0.0323 e. The van der Waals surface area contributed by atoms with Crippen molar-refractivity contribution >= 4 is 26.7 Å². The standard InChI is InChI=1S/C16H20BrN/c1-3-11(4-2)16(18)14-6-5-13-10-15(17)8-7-12(13)9-14/h5-11,16H,3-4,18H2,1-2H3. The maximum Gasteiger partial charge on any atom is 0.0323 e. The van der Waals surface area contributed by atoms with E-state index >= 15 is 0 Å². The summed E-state index contributed by atoms with van der Waals surface area (Å²) >= 11 is 3.50. The van der Waals surface area contributed by atoms with Crippen molar-refractivity contribution in [3.8, 4) is 0 Å². The van der Waals surface area contributed by atoms with Crippen molar-refractivity contribution in [3.63, 3.8) is 0 Å². The van der Waals surface area contributed by atoms with Crippen molar-refractivity contribution < 1.29 is 0 Å². The van der Waals surface area contributed by atoms with E-state index in [1.54, 1.807) is 0 Å². The van der Waals surface area contributed by atoms with Crippen LogP contribution in [0.5, 0.6) is 0 Å². The Labute approximate surface area is 118 Å². The molecule has 96 valence electrons. The van der Waals surface area contributed by atoms with Gasteiger partial charge in [-0.2, -0.15) is 0 Å². The van der Waals surface area contributed by atoms with E-state index in [4.69, 9.17) is 5.73 Å². The Morgan fingerprint density at radius 2 is 1.61 bits per heavy atom. The molecule has 0 aliphatic rings. The highest BCUT2D eigenvalue weighted by Crippen LogP contribution is 2.28. The van der Waals surface area contributed by atoms with Gasteiger partial charge in [0, 0.05) is 10.5 Å². The van der Waals surface area contributed by atoms with E-state index in [0.717, 1.165) is 17.3 Å². The van der Waals surface area contributed by atoms with Crippen molar-refractivity contribution in [2.45, 2.75) is 32.7 Å². The van der Waals surface area contributed by atoms with Gasteiger partial charge in [0.05, 0.1) is 0 Å². The van der Waals surface area contributed by atoms with E-state index in [1.165, 1.54) is 16.3 Å². The normalized spacial score (nSPS) is 13.2. The average Bonchev–Trinajstić information content (AvgIpc) is 2.39. The minimum atomic E-state index is 0.146. The molecule has 2 N–H and O–H groups in total. The van der Waals surface area contributed by atoms with Gasteiger partial charge in [-0.05, 0) is 40.5 Å². The van der Waals surface area contributed by atoms with Gasteiger partial charge in [0.25, 0.3) is 0 Å². The fourth-order valence-electron chi connectivity index (χ4n) is 2.51. The lowest BCUT2D eigenvalue weighted by atomic mass is 9.89. The van der Waals surface area contributed by atoms with Crippen molar-refractivity contribution in [1.29, 1.82) is 0 Å². The first-order valence-corrected chi connectivity index (χ1v) is 7.39. The van der Waals surface area contributed by atoms with Crippen LogP contribution in [0.15, 0.2) is 40.9 Å². The van der Waals surface area contributed by atoms with Gasteiger partial charge in [0.15, 0.2) is 0 Å². The zero-order valence-corrected chi connectivity index (χ0v) is 12.6. The molecule has 1 nitrogen and oxygen atoms in total. The quantitative estimate of drug-likeness (QED) is 0.841. The van der Waals surface area contributed by atoms with Gasteiger partial charge < -0.3 is 5.73 Å². The molecule has 1 atom stereocenters. The number of halogens is 1. The highest BCUT2D eigenvalue weighted by Gasteiger charge is 2.16. The molecule has 0 radical (unpaired) electrons. The minimum absolute atomic E-state index is 0.146.